The quantitative estimate of drug-likeness (QED) is 0.545. The van der Waals surface area contributed by atoms with E-state index in [4.69, 9.17) is 0 Å². The third-order valence-electron chi connectivity index (χ3n) is 5.62. The van der Waals surface area contributed by atoms with Crippen molar-refractivity contribution in [1.82, 2.24) is 15.0 Å². The van der Waals surface area contributed by atoms with Crippen LogP contribution in [0.25, 0.3) is 11.1 Å². The van der Waals surface area contributed by atoms with Crippen LogP contribution >= 0.6 is 0 Å². The molecular formula is C24H23F3N4O. The first-order valence-corrected chi connectivity index (χ1v) is 10.4. The number of pyridine rings is 1. The molecule has 3 aromatic rings. The van der Waals surface area contributed by atoms with Gasteiger partial charge in [-0.2, -0.15) is 0 Å². The van der Waals surface area contributed by atoms with Gasteiger partial charge in [-0.1, -0.05) is 13.8 Å². The number of nitrogens with zero attached hydrogens (tertiary/aromatic N) is 3. The molecule has 1 N–H and O–H groups in total. The van der Waals surface area contributed by atoms with E-state index >= 15 is 0 Å². The highest BCUT2D eigenvalue weighted by atomic mass is 19.1. The highest BCUT2D eigenvalue weighted by molar-refractivity contribution is 6.06. The highest BCUT2D eigenvalue weighted by Gasteiger charge is 2.43. The molecule has 1 aliphatic rings. The van der Waals surface area contributed by atoms with Gasteiger partial charge in [0.05, 0.1) is 16.9 Å². The summed E-state index contributed by atoms with van der Waals surface area (Å²) in [5, 5.41) is 2.77. The Kier molecular flexibility index (Phi) is 5.71. The number of nitrogens with one attached hydrogen (secondary N) is 1. The largest absolute Gasteiger partial charge is 0.320 e. The number of alkyl halides is 1. The van der Waals surface area contributed by atoms with Crippen LogP contribution in [-0.2, 0) is 0 Å². The minimum Gasteiger partial charge on any atom is -0.320 e. The highest BCUT2D eigenvalue weighted by Crippen LogP contribution is 2.49. The fourth-order valence-electron chi connectivity index (χ4n) is 3.95. The third kappa shape index (κ3) is 4.35. The predicted molar refractivity (Wildman–Crippen MR) is 115 cm³/mol. The van der Waals surface area contributed by atoms with Crippen molar-refractivity contribution >= 4 is 11.6 Å². The molecule has 2 heterocycles. The molecule has 0 aliphatic heterocycles. The molecule has 1 saturated carbocycles. The molecule has 166 valence electrons. The predicted octanol–water partition coefficient (Wildman–Crippen LogP) is 5.80. The van der Waals surface area contributed by atoms with E-state index in [0.29, 0.717) is 11.5 Å². The Morgan fingerprint density at radius 1 is 1.09 bits per heavy atom. The summed E-state index contributed by atoms with van der Waals surface area (Å²) >= 11 is 0. The van der Waals surface area contributed by atoms with Crippen molar-refractivity contribution in [2.45, 2.75) is 51.1 Å². The summed E-state index contributed by atoms with van der Waals surface area (Å²) < 4.78 is 42.7. The zero-order valence-corrected chi connectivity index (χ0v) is 18.0. The maximum atomic E-state index is 14.6. The first kappa shape index (κ1) is 21.9. The Bertz CT molecular complexity index is 1150. The third-order valence-corrected chi connectivity index (χ3v) is 5.62. The van der Waals surface area contributed by atoms with Crippen LogP contribution in [0.15, 0.2) is 42.9 Å². The van der Waals surface area contributed by atoms with Gasteiger partial charge in [-0.3, -0.25) is 9.78 Å². The first-order valence-electron chi connectivity index (χ1n) is 10.4. The van der Waals surface area contributed by atoms with Gasteiger partial charge in [0.25, 0.3) is 5.91 Å². The summed E-state index contributed by atoms with van der Waals surface area (Å²) in [7, 11) is 0. The topological polar surface area (TPSA) is 67.8 Å². The van der Waals surface area contributed by atoms with Gasteiger partial charge < -0.3 is 5.32 Å². The van der Waals surface area contributed by atoms with Crippen LogP contribution in [0.4, 0.5) is 18.9 Å². The maximum Gasteiger partial charge on any atom is 0.258 e. The number of halogens is 3. The van der Waals surface area contributed by atoms with Gasteiger partial charge in [-0.25, -0.2) is 23.1 Å². The van der Waals surface area contributed by atoms with Crippen LogP contribution in [0.3, 0.4) is 0 Å². The molecule has 1 aliphatic carbocycles. The molecule has 0 unspecified atom stereocenters. The van der Waals surface area contributed by atoms with Crippen molar-refractivity contribution in [2.75, 3.05) is 5.32 Å². The van der Waals surface area contributed by atoms with E-state index in [-0.39, 0.29) is 47.1 Å². The van der Waals surface area contributed by atoms with Gasteiger partial charge in [-0.15, -0.1) is 0 Å². The Morgan fingerprint density at radius 2 is 1.78 bits per heavy atom. The number of aromatic nitrogens is 3. The van der Waals surface area contributed by atoms with Crippen molar-refractivity contribution in [1.29, 1.82) is 0 Å². The number of benzene rings is 1. The Morgan fingerprint density at radius 3 is 2.41 bits per heavy atom. The Hall–Kier alpha value is -3.29. The van der Waals surface area contributed by atoms with E-state index in [1.165, 1.54) is 31.6 Å². The lowest BCUT2D eigenvalue weighted by atomic mass is 9.71. The van der Waals surface area contributed by atoms with Crippen molar-refractivity contribution in [3.05, 3.63) is 71.6 Å². The second kappa shape index (κ2) is 8.33. The van der Waals surface area contributed by atoms with Crippen LogP contribution in [0.1, 0.15) is 67.3 Å². The average molecular weight is 440 g/mol. The minimum atomic E-state index is -1.33. The van der Waals surface area contributed by atoms with E-state index in [9.17, 15) is 18.0 Å². The van der Waals surface area contributed by atoms with E-state index in [1.807, 2.05) is 13.8 Å². The molecule has 32 heavy (non-hydrogen) atoms. The van der Waals surface area contributed by atoms with Crippen LogP contribution < -0.4 is 5.32 Å². The number of amides is 1. The van der Waals surface area contributed by atoms with E-state index in [1.54, 1.807) is 0 Å². The van der Waals surface area contributed by atoms with Crippen LogP contribution in [0.2, 0.25) is 0 Å². The van der Waals surface area contributed by atoms with Gasteiger partial charge >= 0.3 is 0 Å². The minimum absolute atomic E-state index is 0.0160. The molecule has 1 aromatic carbocycles. The first-order chi connectivity index (χ1) is 15.1. The van der Waals surface area contributed by atoms with Crippen molar-refractivity contribution < 1.29 is 18.0 Å². The Balaban J connectivity index is 1.76. The number of rotatable bonds is 5. The second-order valence-electron chi connectivity index (χ2n) is 8.70. The standard InChI is InChI=1S/C24H23F3N4O/c1-13(2)22-29-11-15(12-30-22)23(32)31-21-17(18-8-16(25)4-5-19(18)26)6-7-28-20(21)14-9-24(3,27)10-14/h4-8,11-14H,9-10H2,1-3H3,(H,31,32). The van der Waals surface area contributed by atoms with Crippen LogP contribution in [-0.4, -0.2) is 26.5 Å². The molecule has 0 atom stereocenters. The molecule has 5 nitrogen and oxygen atoms in total. The van der Waals surface area contributed by atoms with E-state index < -0.39 is 23.2 Å². The molecule has 2 aromatic heterocycles. The normalized spacial score (nSPS) is 20.2. The van der Waals surface area contributed by atoms with Gasteiger partial charge in [0.15, 0.2) is 0 Å². The number of anilines is 1. The number of carbonyl (C=O) groups excluding carboxylic acids is 1. The summed E-state index contributed by atoms with van der Waals surface area (Å²) in [5.41, 5.74) is -0.192. The average Bonchev–Trinajstić information content (AvgIpc) is 2.74. The van der Waals surface area contributed by atoms with Gasteiger partial charge in [0.2, 0.25) is 0 Å². The van der Waals surface area contributed by atoms with Crippen LogP contribution in [0, 0.1) is 11.6 Å². The zero-order chi connectivity index (χ0) is 23.0. The summed E-state index contributed by atoms with van der Waals surface area (Å²) in [6, 6.07) is 4.61. The molecule has 0 radical (unpaired) electrons. The number of hydrogen-bond acceptors (Lipinski definition) is 4. The van der Waals surface area contributed by atoms with Gasteiger partial charge in [0.1, 0.15) is 23.1 Å². The molecule has 0 saturated heterocycles. The van der Waals surface area contributed by atoms with Crippen molar-refractivity contribution in [2.24, 2.45) is 0 Å². The zero-order valence-electron chi connectivity index (χ0n) is 18.0. The fraction of sp³-hybridized carbons (Fsp3) is 0.333. The summed E-state index contributed by atoms with van der Waals surface area (Å²) in [6.07, 6.45) is 4.74. The molecule has 8 heteroatoms. The van der Waals surface area contributed by atoms with Gasteiger partial charge in [-0.05, 0) is 44.0 Å². The maximum absolute atomic E-state index is 14.6. The van der Waals surface area contributed by atoms with E-state index in [0.717, 1.165) is 18.2 Å². The molecule has 4 rings (SSSR count). The summed E-state index contributed by atoms with van der Waals surface area (Å²) in [5.74, 6) is -1.33. The smallest absolute Gasteiger partial charge is 0.258 e. The monoisotopic (exact) mass is 440 g/mol. The molecule has 1 amide bonds. The van der Waals surface area contributed by atoms with E-state index in [2.05, 4.69) is 20.3 Å². The summed E-state index contributed by atoms with van der Waals surface area (Å²) in [6.45, 7) is 5.38. The molecular weight excluding hydrogens is 417 g/mol. The molecule has 1 fully saturated rings. The number of carbonyl (C=O) groups is 1. The lowest BCUT2D eigenvalue weighted by Crippen LogP contribution is -2.36. The lowest BCUT2D eigenvalue weighted by Gasteiger charge is -2.39. The van der Waals surface area contributed by atoms with Gasteiger partial charge in [0, 0.05) is 41.6 Å². The van der Waals surface area contributed by atoms with Crippen molar-refractivity contribution in [3.8, 4) is 11.1 Å². The number of hydrogen-bond donors (Lipinski definition) is 1. The molecule has 0 bridgehead atoms. The lowest BCUT2D eigenvalue weighted by molar-refractivity contribution is 0.0603. The van der Waals surface area contributed by atoms with Crippen molar-refractivity contribution in [3.63, 3.8) is 0 Å². The summed E-state index contributed by atoms with van der Waals surface area (Å²) in [4.78, 5) is 25.7. The second-order valence-corrected chi connectivity index (χ2v) is 8.70. The fourth-order valence-corrected chi connectivity index (χ4v) is 3.95. The Labute approximate surface area is 184 Å². The SMILES string of the molecule is CC(C)c1ncc(C(=O)Nc2c(-c3cc(F)ccc3F)ccnc2C2CC(C)(F)C2)cn1. The molecule has 0 spiro atoms. The van der Waals surface area contributed by atoms with Crippen LogP contribution in [0.5, 0.6) is 0 Å².